The van der Waals surface area contributed by atoms with Gasteiger partial charge in [0.2, 0.25) is 0 Å². The van der Waals surface area contributed by atoms with Crippen molar-refractivity contribution in [2.45, 2.75) is 20.8 Å². The zero-order valence-electron chi connectivity index (χ0n) is 7.90. The molecule has 0 saturated heterocycles. The molecule has 0 aliphatic carbocycles. The maximum absolute atomic E-state index is 11.1. The average molecular weight is 200 g/mol. The molecule has 0 fully saturated rings. The molecular formula is C9H13O3P. The highest BCUT2D eigenvalue weighted by Crippen LogP contribution is 2.36. The minimum atomic E-state index is -4.12. The van der Waals surface area contributed by atoms with Gasteiger partial charge in [0, 0.05) is 0 Å². The van der Waals surface area contributed by atoms with E-state index in [0.717, 1.165) is 5.56 Å². The highest BCUT2D eigenvalue weighted by atomic mass is 31.2. The maximum Gasteiger partial charge on any atom is 0.356 e. The normalized spacial score (nSPS) is 11.8. The minimum absolute atomic E-state index is 0.174. The number of hydrogen-bond donors (Lipinski definition) is 2. The molecule has 0 aliphatic heterocycles. The largest absolute Gasteiger partial charge is 0.356 e. The second kappa shape index (κ2) is 3.26. The van der Waals surface area contributed by atoms with E-state index in [1.165, 1.54) is 0 Å². The molecule has 1 aromatic rings. The van der Waals surface area contributed by atoms with E-state index in [9.17, 15) is 4.57 Å². The molecular weight excluding hydrogens is 187 g/mol. The van der Waals surface area contributed by atoms with E-state index in [4.69, 9.17) is 9.79 Å². The predicted octanol–water partition coefficient (Wildman–Crippen LogP) is 1.41. The summed E-state index contributed by atoms with van der Waals surface area (Å²) in [5, 5.41) is 0.174. The topological polar surface area (TPSA) is 57.5 Å². The Labute approximate surface area is 77.6 Å². The van der Waals surface area contributed by atoms with Crippen molar-refractivity contribution < 1.29 is 14.4 Å². The Bertz CT molecular complexity index is 379. The smallest absolute Gasteiger partial charge is 0.321 e. The second-order valence-electron chi connectivity index (χ2n) is 3.22. The molecule has 0 aromatic heterocycles. The molecule has 4 heteroatoms. The summed E-state index contributed by atoms with van der Waals surface area (Å²) in [6, 6.07) is 3.60. The molecule has 2 N–H and O–H groups in total. The molecule has 0 amide bonds. The first-order valence-corrected chi connectivity index (χ1v) is 5.58. The fourth-order valence-electron chi connectivity index (χ4n) is 1.38. The van der Waals surface area contributed by atoms with Crippen LogP contribution in [0.1, 0.15) is 16.7 Å². The van der Waals surface area contributed by atoms with Crippen LogP contribution in [0.25, 0.3) is 0 Å². The van der Waals surface area contributed by atoms with Crippen molar-refractivity contribution >= 4 is 12.9 Å². The molecule has 0 aliphatic rings. The van der Waals surface area contributed by atoms with Crippen LogP contribution in [-0.2, 0) is 4.57 Å². The van der Waals surface area contributed by atoms with Gasteiger partial charge in [-0.3, -0.25) is 4.57 Å². The van der Waals surface area contributed by atoms with Crippen molar-refractivity contribution in [3.8, 4) is 0 Å². The Hall–Kier alpha value is -0.630. The van der Waals surface area contributed by atoms with Gasteiger partial charge in [0.1, 0.15) is 0 Å². The van der Waals surface area contributed by atoms with E-state index >= 15 is 0 Å². The third kappa shape index (κ3) is 1.99. The van der Waals surface area contributed by atoms with Crippen LogP contribution in [0.15, 0.2) is 12.1 Å². The van der Waals surface area contributed by atoms with E-state index in [0.29, 0.717) is 11.1 Å². The summed E-state index contributed by atoms with van der Waals surface area (Å²) < 4.78 is 11.1. The fraction of sp³-hybridized carbons (Fsp3) is 0.333. The number of aryl methyl sites for hydroxylation is 2. The lowest BCUT2D eigenvalue weighted by Crippen LogP contribution is -2.13. The predicted molar refractivity (Wildman–Crippen MR) is 52.3 cm³/mol. The Balaban J connectivity index is 3.52. The number of benzene rings is 1. The van der Waals surface area contributed by atoms with Crippen LogP contribution < -0.4 is 5.30 Å². The summed E-state index contributed by atoms with van der Waals surface area (Å²) in [6.07, 6.45) is 0. The van der Waals surface area contributed by atoms with Crippen molar-refractivity contribution in [3.05, 3.63) is 28.8 Å². The summed E-state index contributed by atoms with van der Waals surface area (Å²) in [5.41, 5.74) is 2.24. The molecule has 0 saturated carbocycles. The van der Waals surface area contributed by atoms with E-state index in [-0.39, 0.29) is 5.30 Å². The molecule has 0 bridgehead atoms. The Morgan fingerprint density at radius 3 is 1.92 bits per heavy atom. The van der Waals surface area contributed by atoms with Crippen molar-refractivity contribution in [1.29, 1.82) is 0 Å². The standard InChI is InChI=1S/C9H13O3P/c1-6-4-5-7(2)9(8(6)3)13(10,11)12/h4-5H,1-3H3,(H2,10,11,12). The van der Waals surface area contributed by atoms with Crippen molar-refractivity contribution in [2.75, 3.05) is 0 Å². The lowest BCUT2D eigenvalue weighted by molar-refractivity contribution is 0.387. The Morgan fingerprint density at radius 1 is 1.08 bits per heavy atom. The van der Waals surface area contributed by atoms with Crippen LogP contribution in [0.3, 0.4) is 0 Å². The molecule has 0 heterocycles. The third-order valence-corrected chi connectivity index (χ3v) is 3.47. The minimum Gasteiger partial charge on any atom is -0.321 e. The first-order chi connectivity index (χ1) is 5.84. The monoisotopic (exact) mass is 200 g/mol. The van der Waals surface area contributed by atoms with Crippen LogP contribution in [0, 0.1) is 20.8 Å². The van der Waals surface area contributed by atoms with Crippen molar-refractivity contribution in [3.63, 3.8) is 0 Å². The average Bonchev–Trinajstić information content (AvgIpc) is 1.95. The van der Waals surface area contributed by atoms with Crippen molar-refractivity contribution in [2.24, 2.45) is 0 Å². The molecule has 0 radical (unpaired) electrons. The Morgan fingerprint density at radius 2 is 1.54 bits per heavy atom. The zero-order valence-corrected chi connectivity index (χ0v) is 8.80. The van der Waals surface area contributed by atoms with E-state index in [1.54, 1.807) is 19.9 Å². The highest BCUT2D eigenvalue weighted by molar-refractivity contribution is 7.60. The fourth-order valence-corrected chi connectivity index (χ4v) is 2.53. The molecule has 3 nitrogen and oxygen atoms in total. The van der Waals surface area contributed by atoms with Gasteiger partial charge in [-0.2, -0.15) is 0 Å². The van der Waals surface area contributed by atoms with Gasteiger partial charge >= 0.3 is 7.60 Å². The van der Waals surface area contributed by atoms with Gasteiger partial charge < -0.3 is 9.79 Å². The summed E-state index contributed by atoms with van der Waals surface area (Å²) in [5.74, 6) is 0. The molecule has 0 spiro atoms. The third-order valence-electron chi connectivity index (χ3n) is 2.19. The number of hydrogen-bond acceptors (Lipinski definition) is 1. The zero-order chi connectivity index (χ0) is 10.2. The lowest BCUT2D eigenvalue weighted by Gasteiger charge is -2.12. The highest BCUT2D eigenvalue weighted by Gasteiger charge is 2.22. The molecule has 1 aromatic carbocycles. The van der Waals surface area contributed by atoms with Crippen LogP contribution in [0.4, 0.5) is 0 Å². The van der Waals surface area contributed by atoms with E-state index < -0.39 is 7.60 Å². The molecule has 72 valence electrons. The lowest BCUT2D eigenvalue weighted by atomic mass is 10.1. The summed E-state index contributed by atoms with van der Waals surface area (Å²) in [4.78, 5) is 18.2. The van der Waals surface area contributed by atoms with Crippen LogP contribution >= 0.6 is 7.60 Å². The second-order valence-corrected chi connectivity index (χ2v) is 4.75. The van der Waals surface area contributed by atoms with Gasteiger partial charge in [0.15, 0.2) is 0 Å². The van der Waals surface area contributed by atoms with Crippen LogP contribution in [-0.4, -0.2) is 9.79 Å². The quantitative estimate of drug-likeness (QED) is 0.674. The van der Waals surface area contributed by atoms with Gasteiger partial charge in [-0.15, -0.1) is 0 Å². The summed E-state index contributed by atoms with van der Waals surface area (Å²) in [6.45, 7) is 5.28. The van der Waals surface area contributed by atoms with Gasteiger partial charge in [-0.1, -0.05) is 12.1 Å². The van der Waals surface area contributed by atoms with Gasteiger partial charge in [0.05, 0.1) is 5.30 Å². The van der Waals surface area contributed by atoms with Crippen molar-refractivity contribution in [1.82, 2.24) is 0 Å². The molecule has 0 unspecified atom stereocenters. The molecule has 1 rings (SSSR count). The van der Waals surface area contributed by atoms with E-state index in [1.807, 2.05) is 13.0 Å². The summed E-state index contributed by atoms with van der Waals surface area (Å²) >= 11 is 0. The summed E-state index contributed by atoms with van der Waals surface area (Å²) in [7, 11) is -4.12. The molecule has 0 atom stereocenters. The van der Waals surface area contributed by atoms with Crippen LogP contribution in [0.5, 0.6) is 0 Å². The van der Waals surface area contributed by atoms with Crippen LogP contribution in [0.2, 0.25) is 0 Å². The van der Waals surface area contributed by atoms with E-state index in [2.05, 4.69) is 0 Å². The first-order valence-electron chi connectivity index (χ1n) is 3.97. The Kier molecular flexibility index (Phi) is 2.62. The first kappa shape index (κ1) is 10.5. The van der Waals surface area contributed by atoms with Gasteiger partial charge in [-0.05, 0) is 37.5 Å². The number of rotatable bonds is 1. The molecule has 13 heavy (non-hydrogen) atoms. The SMILES string of the molecule is Cc1ccc(C)c(P(=O)(O)O)c1C. The maximum atomic E-state index is 11.1. The van der Waals surface area contributed by atoms with Gasteiger partial charge in [-0.25, -0.2) is 0 Å². The van der Waals surface area contributed by atoms with Gasteiger partial charge in [0.25, 0.3) is 0 Å².